The first-order chi connectivity index (χ1) is 7.14. The molecule has 0 aliphatic heterocycles. The molecule has 0 spiro atoms. The predicted molar refractivity (Wildman–Crippen MR) is 62.3 cm³/mol. The number of nitrogens with zero attached hydrogens (tertiary/aromatic N) is 2. The van der Waals surface area contributed by atoms with Gasteiger partial charge in [0.1, 0.15) is 0 Å². The Morgan fingerprint density at radius 2 is 2.27 bits per heavy atom. The number of aliphatic imine (C=N–C) groups is 2. The van der Waals surface area contributed by atoms with Crippen LogP contribution in [0.3, 0.4) is 0 Å². The molecule has 0 bridgehead atoms. The zero-order valence-corrected chi connectivity index (χ0v) is 9.14. The number of rotatable bonds is 3. The van der Waals surface area contributed by atoms with Crippen molar-refractivity contribution in [2.75, 3.05) is 0 Å². The van der Waals surface area contributed by atoms with Gasteiger partial charge in [0.2, 0.25) is 0 Å². The quantitative estimate of drug-likeness (QED) is 0.602. The molecule has 76 valence electrons. The standard InChI is InChI=1S/C9H6N2O2S2/c12-8(13)9(11-6-15)3-1-2-7(4-9)10-5-14/h1-2,4H,3H2,(H,12,13). The lowest BCUT2D eigenvalue weighted by molar-refractivity contribution is -0.141. The molecule has 1 aliphatic carbocycles. The Labute approximate surface area is 96.7 Å². The number of carboxylic acids is 1. The molecular weight excluding hydrogens is 232 g/mol. The van der Waals surface area contributed by atoms with E-state index in [1.165, 1.54) is 6.08 Å². The number of carbonyl (C=O) groups is 1. The Kier molecular flexibility index (Phi) is 3.77. The Morgan fingerprint density at radius 1 is 1.53 bits per heavy atom. The molecule has 1 atom stereocenters. The normalized spacial score (nSPS) is 23.3. The molecule has 6 heteroatoms. The highest BCUT2D eigenvalue weighted by Gasteiger charge is 2.36. The minimum Gasteiger partial charge on any atom is -0.479 e. The number of allylic oxidation sites excluding steroid dienone is 1. The molecule has 0 saturated heterocycles. The second-order valence-electron chi connectivity index (χ2n) is 2.81. The number of carboxylic acid groups (broad SMARTS) is 1. The summed E-state index contributed by atoms with van der Waals surface area (Å²) < 4.78 is 0. The van der Waals surface area contributed by atoms with Crippen molar-refractivity contribution < 1.29 is 9.90 Å². The van der Waals surface area contributed by atoms with Crippen molar-refractivity contribution >= 4 is 40.7 Å². The molecule has 1 rings (SSSR count). The fraction of sp³-hybridized carbons (Fsp3) is 0.222. The van der Waals surface area contributed by atoms with Crippen LogP contribution in [0.5, 0.6) is 0 Å². The van der Waals surface area contributed by atoms with E-state index in [0.717, 1.165) is 0 Å². The van der Waals surface area contributed by atoms with Gasteiger partial charge in [-0.25, -0.2) is 9.79 Å². The Hall–Kier alpha value is -1.45. The summed E-state index contributed by atoms with van der Waals surface area (Å²) in [5.41, 5.74) is -0.991. The lowest BCUT2D eigenvalue weighted by Gasteiger charge is -2.20. The molecule has 0 saturated carbocycles. The van der Waals surface area contributed by atoms with E-state index in [2.05, 4.69) is 44.7 Å². The molecule has 0 heterocycles. The van der Waals surface area contributed by atoms with E-state index in [0.29, 0.717) is 5.70 Å². The SMILES string of the molecule is O=C(O)C1(N=C=S)C=C(N=C=S)C=CC1. The fourth-order valence-electron chi connectivity index (χ4n) is 1.19. The van der Waals surface area contributed by atoms with Crippen LogP contribution < -0.4 is 0 Å². The van der Waals surface area contributed by atoms with Crippen molar-refractivity contribution in [3.8, 4) is 0 Å². The zero-order chi connectivity index (χ0) is 11.3. The van der Waals surface area contributed by atoms with E-state index in [1.807, 2.05) is 0 Å². The van der Waals surface area contributed by atoms with Gasteiger partial charge in [0, 0.05) is 6.42 Å². The largest absolute Gasteiger partial charge is 0.479 e. The average Bonchev–Trinajstić information content (AvgIpc) is 2.19. The molecule has 1 unspecified atom stereocenters. The zero-order valence-electron chi connectivity index (χ0n) is 7.51. The van der Waals surface area contributed by atoms with Crippen LogP contribution in [-0.4, -0.2) is 26.9 Å². The third kappa shape index (κ3) is 2.52. The maximum atomic E-state index is 11.1. The van der Waals surface area contributed by atoms with Gasteiger partial charge in [-0.2, -0.15) is 4.99 Å². The van der Waals surface area contributed by atoms with Crippen LogP contribution in [0, 0.1) is 0 Å². The second kappa shape index (κ2) is 4.87. The summed E-state index contributed by atoms with van der Waals surface area (Å²) in [5.74, 6) is -1.10. The monoisotopic (exact) mass is 238 g/mol. The van der Waals surface area contributed by atoms with Crippen molar-refractivity contribution in [1.29, 1.82) is 0 Å². The van der Waals surface area contributed by atoms with Gasteiger partial charge < -0.3 is 5.11 Å². The van der Waals surface area contributed by atoms with Crippen LogP contribution >= 0.6 is 24.4 Å². The fourth-order valence-corrected chi connectivity index (χ4v) is 1.46. The molecule has 0 amide bonds. The van der Waals surface area contributed by atoms with Gasteiger partial charge in [-0.3, -0.25) is 0 Å². The van der Waals surface area contributed by atoms with E-state index in [4.69, 9.17) is 5.11 Å². The lowest BCUT2D eigenvalue weighted by atomic mass is 9.91. The number of thiocarbonyl (C=S) groups is 2. The van der Waals surface area contributed by atoms with Gasteiger partial charge in [-0.1, -0.05) is 6.08 Å². The smallest absolute Gasteiger partial charge is 0.336 e. The van der Waals surface area contributed by atoms with Gasteiger partial charge in [-0.05, 0) is 36.6 Å². The third-order valence-electron chi connectivity index (χ3n) is 1.89. The van der Waals surface area contributed by atoms with Crippen LogP contribution in [0.1, 0.15) is 6.42 Å². The number of hydrogen-bond acceptors (Lipinski definition) is 5. The van der Waals surface area contributed by atoms with Crippen molar-refractivity contribution in [2.24, 2.45) is 9.98 Å². The predicted octanol–water partition coefficient (Wildman–Crippen LogP) is 1.86. The van der Waals surface area contributed by atoms with E-state index >= 15 is 0 Å². The van der Waals surface area contributed by atoms with Gasteiger partial charge in [0.25, 0.3) is 0 Å². The molecule has 0 aromatic heterocycles. The molecule has 1 N–H and O–H groups in total. The summed E-state index contributed by atoms with van der Waals surface area (Å²) in [7, 11) is 0. The second-order valence-corrected chi connectivity index (χ2v) is 3.18. The average molecular weight is 238 g/mol. The Bertz CT molecular complexity index is 439. The highest BCUT2D eigenvalue weighted by atomic mass is 32.1. The summed E-state index contributed by atoms with van der Waals surface area (Å²) in [4.78, 5) is 18.4. The highest BCUT2D eigenvalue weighted by Crippen LogP contribution is 2.26. The number of hydrogen-bond donors (Lipinski definition) is 1. The number of aliphatic carboxylic acids is 1. The van der Waals surface area contributed by atoms with E-state index in [1.54, 1.807) is 12.2 Å². The molecule has 0 radical (unpaired) electrons. The third-order valence-corrected chi connectivity index (χ3v) is 2.08. The summed E-state index contributed by atoms with van der Waals surface area (Å²) in [6.07, 6.45) is 4.91. The maximum Gasteiger partial charge on any atom is 0.336 e. The summed E-state index contributed by atoms with van der Waals surface area (Å²) in [6.45, 7) is 0. The molecule has 0 aromatic carbocycles. The van der Waals surface area contributed by atoms with Crippen LogP contribution in [0.25, 0.3) is 0 Å². The first-order valence-corrected chi connectivity index (χ1v) is 4.76. The van der Waals surface area contributed by atoms with Crippen molar-refractivity contribution in [3.63, 3.8) is 0 Å². The van der Waals surface area contributed by atoms with Crippen LogP contribution in [-0.2, 0) is 4.79 Å². The van der Waals surface area contributed by atoms with Crippen LogP contribution in [0.2, 0.25) is 0 Å². The van der Waals surface area contributed by atoms with E-state index < -0.39 is 11.5 Å². The topological polar surface area (TPSA) is 62.0 Å². The summed E-state index contributed by atoms with van der Waals surface area (Å²) in [6, 6.07) is 0. The summed E-state index contributed by atoms with van der Waals surface area (Å²) >= 11 is 8.86. The van der Waals surface area contributed by atoms with Crippen molar-refractivity contribution in [2.45, 2.75) is 12.0 Å². The molecule has 0 fully saturated rings. The summed E-state index contributed by atoms with van der Waals surface area (Å²) in [5, 5.41) is 13.3. The molecule has 15 heavy (non-hydrogen) atoms. The maximum absolute atomic E-state index is 11.1. The van der Waals surface area contributed by atoms with Crippen LogP contribution in [0.15, 0.2) is 33.9 Å². The van der Waals surface area contributed by atoms with Crippen molar-refractivity contribution in [1.82, 2.24) is 0 Å². The van der Waals surface area contributed by atoms with Gasteiger partial charge in [-0.15, -0.1) is 0 Å². The van der Waals surface area contributed by atoms with Gasteiger partial charge in [0.05, 0.1) is 16.0 Å². The Balaban J connectivity index is 3.23. The van der Waals surface area contributed by atoms with Crippen molar-refractivity contribution in [3.05, 3.63) is 23.9 Å². The van der Waals surface area contributed by atoms with E-state index in [-0.39, 0.29) is 6.42 Å². The first kappa shape index (κ1) is 11.6. The molecule has 0 aromatic rings. The lowest BCUT2D eigenvalue weighted by Crippen LogP contribution is -2.35. The van der Waals surface area contributed by atoms with Crippen LogP contribution in [0.4, 0.5) is 0 Å². The molecular formula is C9H6N2O2S2. The molecule has 1 aliphatic rings. The minimum atomic E-state index is -1.40. The van der Waals surface area contributed by atoms with E-state index in [9.17, 15) is 4.79 Å². The Morgan fingerprint density at radius 3 is 2.80 bits per heavy atom. The first-order valence-electron chi connectivity index (χ1n) is 3.94. The minimum absolute atomic E-state index is 0.225. The number of isothiocyanates is 2. The highest BCUT2D eigenvalue weighted by molar-refractivity contribution is 7.78. The van der Waals surface area contributed by atoms with Gasteiger partial charge in [0.15, 0.2) is 5.54 Å². The molecule has 4 nitrogen and oxygen atoms in total. The van der Waals surface area contributed by atoms with Gasteiger partial charge >= 0.3 is 5.97 Å².